The summed E-state index contributed by atoms with van der Waals surface area (Å²) in [6.45, 7) is 2.12. The highest BCUT2D eigenvalue weighted by Crippen LogP contribution is 2.28. The number of nitrogens with one attached hydrogen (secondary N) is 1. The van der Waals surface area contributed by atoms with Gasteiger partial charge in [0, 0.05) is 31.6 Å². The van der Waals surface area contributed by atoms with Crippen molar-refractivity contribution in [1.82, 2.24) is 5.32 Å². The zero-order valence-corrected chi connectivity index (χ0v) is 11.6. The molecule has 2 rings (SSSR count). The van der Waals surface area contributed by atoms with Crippen molar-refractivity contribution in [2.75, 3.05) is 18.0 Å². The Kier molecular flexibility index (Phi) is 4.52. The first-order chi connectivity index (χ1) is 9.92. The quantitative estimate of drug-likeness (QED) is 0.862. The summed E-state index contributed by atoms with van der Waals surface area (Å²) in [7, 11) is 0. The van der Waals surface area contributed by atoms with Gasteiger partial charge in [-0.25, -0.2) is 8.78 Å². The maximum Gasteiger partial charge on any atom is 0.227 e. The average Bonchev–Trinajstić information content (AvgIpc) is 2.80. The van der Waals surface area contributed by atoms with Crippen LogP contribution < -0.4 is 16.0 Å². The molecule has 2 amide bonds. The lowest BCUT2D eigenvalue weighted by molar-refractivity contribution is -0.126. The fourth-order valence-electron chi connectivity index (χ4n) is 2.24. The Hall–Kier alpha value is -2.02. The molecule has 1 heterocycles. The minimum absolute atomic E-state index is 0.0000583. The second kappa shape index (κ2) is 6.17. The van der Waals surface area contributed by atoms with Crippen molar-refractivity contribution in [2.45, 2.75) is 19.4 Å². The minimum Gasteiger partial charge on any atom is -0.352 e. The van der Waals surface area contributed by atoms with Gasteiger partial charge in [0.25, 0.3) is 0 Å². The highest BCUT2D eigenvalue weighted by molar-refractivity contribution is 6.00. The number of hydrogen-bond acceptors (Lipinski definition) is 3. The van der Waals surface area contributed by atoms with Crippen LogP contribution in [0.1, 0.15) is 13.3 Å². The second-order valence-corrected chi connectivity index (χ2v) is 5.15. The first-order valence-electron chi connectivity index (χ1n) is 6.68. The van der Waals surface area contributed by atoms with Gasteiger partial charge in [0.05, 0.1) is 11.6 Å². The van der Waals surface area contributed by atoms with E-state index in [0.717, 1.165) is 6.07 Å². The standard InChI is InChI=1S/C14H17F2N3O2/c1-8(6-17)18-14(21)9-4-13(20)19(7-9)12-3-2-10(15)5-11(12)16/h2-3,5,8-9H,4,6-7,17H2,1H3,(H,18,21)/t8-,9?/m0/s1. The van der Waals surface area contributed by atoms with Gasteiger partial charge in [-0.3, -0.25) is 9.59 Å². The molecule has 1 aliphatic heterocycles. The van der Waals surface area contributed by atoms with Gasteiger partial charge in [-0.1, -0.05) is 0 Å². The van der Waals surface area contributed by atoms with E-state index in [0.29, 0.717) is 12.6 Å². The Morgan fingerprint density at radius 2 is 2.24 bits per heavy atom. The highest BCUT2D eigenvalue weighted by Gasteiger charge is 2.36. The Morgan fingerprint density at radius 3 is 2.86 bits per heavy atom. The number of amides is 2. The van der Waals surface area contributed by atoms with Crippen LogP contribution in [0.25, 0.3) is 0 Å². The van der Waals surface area contributed by atoms with Gasteiger partial charge in [0.1, 0.15) is 11.6 Å². The van der Waals surface area contributed by atoms with Crippen LogP contribution in [-0.4, -0.2) is 30.9 Å². The maximum atomic E-state index is 13.7. The van der Waals surface area contributed by atoms with Gasteiger partial charge in [-0.05, 0) is 19.1 Å². The van der Waals surface area contributed by atoms with Crippen LogP contribution in [-0.2, 0) is 9.59 Å². The lowest BCUT2D eigenvalue weighted by atomic mass is 10.1. The molecule has 2 atom stereocenters. The number of carbonyl (C=O) groups excluding carboxylic acids is 2. The second-order valence-electron chi connectivity index (χ2n) is 5.15. The first kappa shape index (κ1) is 15.4. The number of nitrogens with two attached hydrogens (primary N) is 1. The Labute approximate surface area is 121 Å². The van der Waals surface area contributed by atoms with E-state index in [2.05, 4.69) is 5.32 Å². The first-order valence-corrected chi connectivity index (χ1v) is 6.68. The van der Waals surface area contributed by atoms with Crippen LogP contribution >= 0.6 is 0 Å². The third-order valence-electron chi connectivity index (χ3n) is 3.44. The van der Waals surface area contributed by atoms with Crippen LogP contribution in [0.5, 0.6) is 0 Å². The summed E-state index contributed by atoms with van der Waals surface area (Å²) in [5.41, 5.74) is 5.41. The topological polar surface area (TPSA) is 75.4 Å². The summed E-state index contributed by atoms with van der Waals surface area (Å²) in [6, 6.07) is 2.80. The molecule has 0 radical (unpaired) electrons. The van der Waals surface area contributed by atoms with E-state index in [4.69, 9.17) is 5.73 Å². The van der Waals surface area contributed by atoms with Crippen LogP contribution in [0, 0.1) is 17.6 Å². The van der Waals surface area contributed by atoms with Crippen molar-refractivity contribution >= 4 is 17.5 Å². The largest absolute Gasteiger partial charge is 0.352 e. The lowest BCUT2D eigenvalue weighted by Crippen LogP contribution is -2.42. The van der Waals surface area contributed by atoms with E-state index in [1.807, 2.05) is 0 Å². The van der Waals surface area contributed by atoms with E-state index in [1.165, 1.54) is 11.0 Å². The lowest BCUT2D eigenvalue weighted by Gasteiger charge is -2.18. The molecule has 21 heavy (non-hydrogen) atoms. The third-order valence-corrected chi connectivity index (χ3v) is 3.44. The maximum absolute atomic E-state index is 13.7. The van der Waals surface area contributed by atoms with Crippen LogP contribution in [0.15, 0.2) is 18.2 Å². The smallest absolute Gasteiger partial charge is 0.227 e. The SMILES string of the molecule is C[C@@H](CN)NC(=O)C1CC(=O)N(c2ccc(F)cc2F)C1. The molecule has 114 valence electrons. The molecular formula is C14H17F2N3O2. The summed E-state index contributed by atoms with van der Waals surface area (Å²) in [4.78, 5) is 25.1. The van der Waals surface area contributed by atoms with E-state index in [1.54, 1.807) is 6.92 Å². The third kappa shape index (κ3) is 3.36. The molecule has 0 saturated carbocycles. The molecule has 1 aromatic carbocycles. The van der Waals surface area contributed by atoms with Crippen LogP contribution in [0.3, 0.4) is 0 Å². The van der Waals surface area contributed by atoms with Crippen molar-refractivity contribution < 1.29 is 18.4 Å². The minimum atomic E-state index is -0.820. The summed E-state index contributed by atoms with van der Waals surface area (Å²) in [5.74, 6) is -2.74. The number of rotatable bonds is 4. The predicted octanol–water partition coefficient (Wildman–Crippen LogP) is 0.781. The zero-order valence-electron chi connectivity index (χ0n) is 11.6. The number of hydrogen-bond donors (Lipinski definition) is 2. The predicted molar refractivity (Wildman–Crippen MR) is 73.5 cm³/mol. The molecule has 1 saturated heterocycles. The van der Waals surface area contributed by atoms with Gasteiger partial charge in [-0.2, -0.15) is 0 Å². The Bertz CT molecular complexity index is 565. The normalized spacial score (nSPS) is 19.7. The van der Waals surface area contributed by atoms with Gasteiger partial charge < -0.3 is 16.0 Å². The number of nitrogens with zero attached hydrogens (tertiary/aromatic N) is 1. The van der Waals surface area contributed by atoms with Crippen LogP contribution in [0.2, 0.25) is 0 Å². The molecule has 1 unspecified atom stereocenters. The number of halogens is 2. The number of benzene rings is 1. The molecular weight excluding hydrogens is 280 g/mol. The summed E-state index contributed by atoms with van der Waals surface area (Å²) < 4.78 is 26.6. The number of carbonyl (C=O) groups is 2. The molecule has 1 fully saturated rings. The molecule has 3 N–H and O–H groups in total. The zero-order chi connectivity index (χ0) is 15.6. The molecule has 0 aliphatic carbocycles. The monoisotopic (exact) mass is 297 g/mol. The summed E-state index contributed by atoms with van der Waals surface area (Å²) >= 11 is 0. The van der Waals surface area contributed by atoms with E-state index < -0.39 is 17.6 Å². The molecule has 1 aromatic rings. The average molecular weight is 297 g/mol. The van der Waals surface area contributed by atoms with Gasteiger partial charge in [0.15, 0.2) is 0 Å². The van der Waals surface area contributed by atoms with Gasteiger partial charge >= 0.3 is 0 Å². The molecule has 1 aliphatic rings. The van der Waals surface area contributed by atoms with Crippen molar-refractivity contribution in [3.05, 3.63) is 29.8 Å². The van der Waals surface area contributed by atoms with Crippen molar-refractivity contribution in [2.24, 2.45) is 11.7 Å². The van der Waals surface area contributed by atoms with Crippen LogP contribution in [0.4, 0.5) is 14.5 Å². The Morgan fingerprint density at radius 1 is 1.52 bits per heavy atom. The Balaban J connectivity index is 2.11. The molecule has 0 aromatic heterocycles. The van der Waals surface area contributed by atoms with E-state index >= 15 is 0 Å². The van der Waals surface area contributed by atoms with Crippen molar-refractivity contribution in [3.63, 3.8) is 0 Å². The summed E-state index contributed by atoms with van der Waals surface area (Å²) in [5, 5.41) is 2.69. The molecule has 0 bridgehead atoms. The van der Waals surface area contributed by atoms with Gasteiger partial charge in [-0.15, -0.1) is 0 Å². The van der Waals surface area contributed by atoms with Crippen molar-refractivity contribution in [1.29, 1.82) is 0 Å². The van der Waals surface area contributed by atoms with E-state index in [9.17, 15) is 18.4 Å². The molecule has 5 nitrogen and oxygen atoms in total. The molecule has 7 heteroatoms. The molecule has 0 spiro atoms. The van der Waals surface area contributed by atoms with E-state index in [-0.39, 0.29) is 36.5 Å². The fourth-order valence-corrected chi connectivity index (χ4v) is 2.24. The van der Waals surface area contributed by atoms with Crippen molar-refractivity contribution in [3.8, 4) is 0 Å². The fraction of sp³-hybridized carbons (Fsp3) is 0.429. The highest BCUT2D eigenvalue weighted by atomic mass is 19.1. The van der Waals surface area contributed by atoms with Gasteiger partial charge in [0.2, 0.25) is 11.8 Å². The summed E-state index contributed by atoms with van der Waals surface area (Å²) in [6.07, 6.45) is -0.0000583. The number of anilines is 1.